The molecule has 1 amide bonds. The number of nitrogens with two attached hydrogens (primary N) is 1. The number of nitrogens with one attached hydrogen (secondary N) is 1. The van der Waals surface area contributed by atoms with Gasteiger partial charge in [-0.3, -0.25) is 4.79 Å². The van der Waals surface area contributed by atoms with E-state index in [-0.39, 0.29) is 21.7 Å². The number of amides is 1. The van der Waals surface area contributed by atoms with Crippen molar-refractivity contribution >= 4 is 40.1 Å². The molecule has 2 heterocycles. The summed E-state index contributed by atoms with van der Waals surface area (Å²) in [6.45, 7) is -1.54. The van der Waals surface area contributed by atoms with Crippen LogP contribution in [0.3, 0.4) is 0 Å². The molecule has 13 heteroatoms. The molecule has 4 rings (SSSR count). The molecule has 2 aliphatic rings. The average molecular weight is 464 g/mol. The highest BCUT2D eigenvalue weighted by atomic mass is 35.5. The van der Waals surface area contributed by atoms with E-state index in [2.05, 4.69) is 20.3 Å². The van der Waals surface area contributed by atoms with Crippen LogP contribution in [0.25, 0.3) is 0 Å². The van der Waals surface area contributed by atoms with Crippen LogP contribution >= 0.6 is 23.4 Å². The summed E-state index contributed by atoms with van der Waals surface area (Å²) in [6.07, 6.45) is 2.14. The molecule has 0 bridgehead atoms. The van der Waals surface area contributed by atoms with Crippen LogP contribution in [-0.2, 0) is 5.54 Å². The van der Waals surface area contributed by atoms with Crippen LogP contribution < -0.4 is 11.1 Å². The van der Waals surface area contributed by atoms with Crippen molar-refractivity contribution in [3.8, 4) is 0 Å². The van der Waals surface area contributed by atoms with E-state index >= 15 is 0 Å². The topological polar surface area (TPSA) is 93.3 Å². The van der Waals surface area contributed by atoms with Crippen molar-refractivity contribution in [2.45, 2.75) is 16.7 Å². The van der Waals surface area contributed by atoms with Crippen LogP contribution in [-0.4, -0.2) is 38.9 Å². The number of aliphatic imine (C=N–C) groups is 1. The van der Waals surface area contributed by atoms with E-state index in [1.165, 1.54) is 0 Å². The number of carbonyl (C=O) groups excluding carboxylic acids is 1. The molecule has 6 nitrogen and oxygen atoms in total. The van der Waals surface area contributed by atoms with Crippen molar-refractivity contribution in [3.05, 3.63) is 52.6 Å². The van der Waals surface area contributed by atoms with Gasteiger partial charge in [-0.15, -0.1) is 0 Å². The zero-order chi connectivity index (χ0) is 21.8. The van der Waals surface area contributed by atoms with Gasteiger partial charge in [-0.25, -0.2) is 36.9 Å². The lowest BCUT2D eigenvalue weighted by atomic mass is 9.85. The maximum absolute atomic E-state index is 14.6. The summed E-state index contributed by atoms with van der Waals surface area (Å²) in [7, 11) is 0. The maximum atomic E-state index is 14.6. The van der Waals surface area contributed by atoms with Crippen LogP contribution in [0.15, 0.2) is 29.5 Å². The van der Waals surface area contributed by atoms with E-state index in [4.69, 9.17) is 17.3 Å². The molecule has 1 aromatic carbocycles. The van der Waals surface area contributed by atoms with Crippen LogP contribution in [0, 0.1) is 17.6 Å². The fourth-order valence-electron chi connectivity index (χ4n) is 3.45. The normalized spacial score (nSPS) is 26.5. The maximum Gasteiger partial charge on any atom is 0.275 e. The van der Waals surface area contributed by atoms with Gasteiger partial charge in [-0.05, 0) is 6.07 Å². The number of benzene rings is 1. The molecular weight excluding hydrogens is 453 g/mol. The number of rotatable bonds is 4. The number of amidine groups is 1. The third-order valence-electron chi connectivity index (χ3n) is 4.87. The highest BCUT2D eigenvalue weighted by molar-refractivity contribution is 8.14. The van der Waals surface area contributed by atoms with Crippen molar-refractivity contribution in [2.24, 2.45) is 16.6 Å². The Morgan fingerprint density at radius 3 is 2.63 bits per heavy atom. The Hall–Kier alpha value is -2.47. The minimum Gasteiger partial charge on any atom is -0.378 e. The Kier molecular flexibility index (Phi) is 4.88. The number of nitrogens with zero attached hydrogens (tertiary/aromatic N) is 3. The smallest absolute Gasteiger partial charge is 0.275 e. The molecule has 2 aromatic rings. The molecule has 158 valence electrons. The van der Waals surface area contributed by atoms with Gasteiger partial charge in [-0.1, -0.05) is 23.4 Å². The van der Waals surface area contributed by atoms with Gasteiger partial charge >= 0.3 is 0 Å². The zero-order valence-corrected chi connectivity index (χ0v) is 16.2. The van der Waals surface area contributed by atoms with E-state index in [0.29, 0.717) is 17.8 Å². The summed E-state index contributed by atoms with van der Waals surface area (Å²) in [5.74, 6) is -8.98. The van der Waals surface area contributed by atoms with Crippen molar-refractivity contribution in [3.63, 3.8) is 0 Å². The number of thioether (sulfide) groups is 1. The molecule has 1 saturated carbocycles. The minimum atomic E-state index is -3.37. The number of aromatic nitrogens is 2. The predicted molar refractivity (Wildman–Crippen MR) is 100 cm³/mol. The Bertz CT molecular complexity index is 1070. The first-order chi connectivity index (χ1) is 14.1. The average Bonchev–Trinajstić information content (AvgIpc) is 3.25. The van der Waals surface area contributed by atoms with Crippen molar-refractivity contribution in [1.82, 2.24) is 9.97 Å². The molecule has 3 N–H and O–H groups in total. The van der Waals surface area contributed by atoms with Crippen molar-refractivity contribution < 1.29 is 26.7 Å². The number of alkyl halides is 3. The number of anilines is 1. The van der Waals surface area contributed by atoms with Gasteiger partial charge in [0.15, 0.2) is 16.8 Å². The largest absolute Gasteiger partial charge is 0.378 e. The summed E-state index contributed by atoms with van der Waals surface area (Å²) >= 11 is 6.14. The standard InChI is InChI=1S/C17H11ClF5N5OS/c18-10-4-25-9(3-26-10)14(29)27-6-1-7(11(21)8(20)2-6)16(5-19)12-13(17(12,22)23)30-15(24)28-16/h1-4,12-13H,5H2,(H2,24,28)(H,27,29)/t12-,13-,16-/m1/s1. The van der Waals surface area contributed by atoms with E-state index in [1.807, 2.05) is 0 Å². The molecule has 1 fully saturated rings. The minimum absolute atomic E-state index is 0.0251. The Morgan fingerprint density at radius 1 is 1.27 bits per heavy atom. The van der Waals surface area contributed by atoms with Gasteiger partial charge < -0.3 is 11.1 Å². The quantitative estimate of drug-likeness (QED) is 0.677. The second kappa shape index (κ2) is 7.05. The number of hydrogen-bond acceptors (Lipinski definition) is 6. The van der Waals surface area contributed by atoms with E-state index < -0.39 is 52.4 Å². The second-order valence-electron chi connectivity index (χ2n) is 6.70. The fraction of sp³-hybridized carbons (Fsp3) is 0.294. The van der Waals surface area contributed by atoms with Crippen LogP contribution in [0.2, 0.25) is 5.15 Å². The first kappa shape index (κ1) is 20.8. The molecule has 0 spiro atoms. The van der Waals surface area contributed by atoms with Gasteiger partial charge in [0, 0.05) is 17.3 Å². The monoisotopic (exact) mass is 463 g/mol. The number of halogens is 6. The van der Waals surface area contributed by atoms with Gasteiger partial charge in [-0.2, -0.15) is 0 Å². The first-order valence-electron chi connectivity index (χ1n) is 8.34. The van der Waals surface area contributed by atoms with Crippen molar-refractivity contribution in [1.29, 1.82) is 0 Å². The number of hydrogen-bond donors (Lipinski definition) is 2. The van der Waals surface area contributed by atoms with E-state index in [1.54, 1.807) is 0 Å². The Balaban J connectivity index is 1.76. The van der Waals surface area contributed by atoms with E-state index in [9.17, 15) is 26.7 Å². The molecule has 30 heavy (non-hydrogen) atoms. The third-order valence-corrected chi connectivity index (χ3v) is 6.24. The molecule has 1 aliphatic carbocycles. The summed E-state index contributed by atoms with van der Waals surface area (Å²) in [5, 5.41) is 0.495. The lowest BCUT2D eigenvalue weighted by molar-refractivity contribution is 0.0720. The molecular formula is C17H11ClF5N5OS. The second-order valence-corrected chi connectivity index (χ2v) is 8.25. The van der Waals surface area contributed by atoms with Crippen LogP contribution in [0.5, 0.6) is 0 Å². The molecule has 0 radical (unpaired) electrons. The molecule has 0 saturated heterocycles. The van der Waals surface area contributed by atoms with Gasteiger partial charge in [0.05, 0.1) is 23.6 Å². The molecule has 1 aromatic heterocycles. The highest BCUT2D eigenvalue weighted by Crippen LogP contribution is 2.67. The first-order valence-corrected chi connectivity index (χ1v) is 9.60. The summed E-state index contributed by atoms with van der Waals surface area (Å²) in [5.41, 5.74) is 1.86. The number of carbonyl (C=O) groups is 1. The lowest BCUT2D eigenvalue weighted by Gasteiger charge is -2.31. The summed E-state index contributed by atoms with van der Waals surface area (Å²) in [6, 6.07) is 1.48. The highest BCUT2D eigenvalue weighted by Gasteiger charge is 2.78. The summed E-state index contributed by atoms with van der Waals surface area (Å²) < 4.78 is 71.4. The molecule has 3 atom stereocenters. The van der Waals surface area contributed by atoms with Crippen LogP contribution in [0.4, 0.5) is 27.6 Å². The van der Waals surface area contributed by atoms with Gasteiger partial charge in [0.1, 0.15) is 23.1 Å². The lowest BCUT2D eigenvalue weighted by Crippen LogP contribution is -2.38. The Morgan fingerprint density at radius 2 is 2.00 bits per heavy atom. The van der Waals surface area contributed by atoms with Crippen LogP contribution in [0.1, 0.15) is 16.1 Å². The number of fused-ring (bicyclic) bond motifs is 1. The van der Waals surface area contributed by atoms with Gasteiger partial charge in [0.25, 0.3) is 11.8 Å². The third kappa shape index (κ3) is 3.18. The summed E-state index contributed by atoms with van der Waals surface area (Å²) in [4.78, 5) is 23.4. The predicted octanol–water partition coefficient (Wildman–Crippen LogP) is 3.52. The van der Waals surface area contributed by atoms with E-state index in [0.717, 1.165) is 18.5 Å². The Labute approximate surface area is 175 Å². The van der Waals surface area contributed by atoms with Crippen molar-refractivity contribution in [2.75, 3.05) is 12.0 Å². The zero-order valence-electron chi connectivity index (χ0n) is 14.7. The fourth-order valence-corrected chi connectivity index (χ4v) is 4.79. The molecule has 0 unspecified atom stereocenters. The van der Waals surface area contributed by atoms with Gasteiger partial charge in [0.2, 0.25) is 0 Å². The SMILES string of the molecule is NC1=N[C@](CF)(c2cc(NC(=O)c3cnc(Cl)cn3)cc(F)c2F)[C@H]2[C@@H](S1)C2(F)F. The molecule has 1 aliphatic heterocycles.